The summed E-state index contributed by atoms with van der Waals surface area (Å²) in [7, 11) is 1.89. The Morgan fingerprint density at radius 2 is 2.06 bits per heavy atom. The molecule has 0 bridgehead atoms. The molecule has 1 unspecified atom stereocenters. The van der Waals surface area contributed by atoms with Crippen LogP contribution in [0.2, 0.25) is 10.0 Å². The Kier molecular flexibility index (Phi) is 3.99. The average Bonchev–Trinajstić information content (AvgIpc) is 2.80. The highest BCUT2D eigenvalue weighted by Crippen LogP contribution is 2.33. The lowest BCUT2D eigenvalue weighted by Crippen LogP contribution is -2.11. The molecular weight excluding hydrogens is 277 g/mol. The minimum absolute atomic E-state index is 0.180. The number of benzene rings is 1. The molecular formula is C11H11Cl2N3S. The largest absolute Gasteiger partial charge is 0.311 e. The van der Waals surface area contributed by atoms with E-state index in [2.05, 4.69) is 15.5 Å². The molecule has 1 aromatic carbocycles. The van der Waals surface area contributed by atoms with Crippen LogP contribution in [-0.2, 0) is 0 Å². The molecule has 0 saturated heterocycles. The fraction of sp³-hybridized carbons (Fsp3) is 0.273. The zero-order chi connectivity index (χ0) is 12.4. The molecule has 2 rings (SSSR count). The van der Waals surface area contributed by atoms with Gasteiger partial charge in [0, 0.05) is 10.6 Å². The number of hydrogen-bond acceptors (Lipinski definition) is 4. The predicted molar refractivity (Wildman–Crippen MR) is 72.8 cm³/mol. The first-order chi connectivity index (χ1) is 8.11. The quantitative estimate of drug-likeness (QED) is 0.933. The maximum Gasteiger partial charge on any atom is 0.149 e. The maximum absolute atomic E-state index is 6.12. The molecule has 17 heavy (non-hydrogen) atoms. The third-order valence-corrected chi connectivity index (χ3v) is 4.11. The Hall–Kier alpha value is -0.680. The normalized spacial score (nSPS) is 12.7. The fourth-order valence-corrected chi connectivity index (χ4v) is 2.67. The minimum atomic E-state index is 0.180. The summed E-state index contributed by atoms with van der Waals surface area (Å²) in [4.78, 5) is 0. The summed E-state index contributed by atoms with van der Waals surface area (Å²) in [5.74, 6) is 0. The van der Waals surface area contributed by atoms with Crippen LogP contribution in [-0.4, -0.2) is 17.2 Å². The van der Waals surface area contributed by atoms with Crippen molar-refractivity contribution in [2.45, 2.75) is 13.0 Å². The molecule has 0 fully saturated rings. The summed E-state index contributed by atoms with van der Waals surface area (Å²) in [6.07, 6.45) is 0. The predicted octanol–water partition coefficient (Wildman–Crippen LogP) is 3.79. The fourth-order valence-electron chi connectivity index (χ4n) is 1.30. The Morgan fingerprint density at radius 3 is 2.76 bits per heavy atom. The van der Waals surface area contributed by atoms with E-state index in [1.807, 2.05) is 14.0 Å². The van der Waals surface area contributed by atoms with Crippen molar-refractivity contribution in [3.05, 3.63) is 33.3 Å². The highest BCUT2D eigenvalue weighted by Gasteiger charge is 2.13. The van der Waals surface area contributed by atoms with Gasteiger partial charge in [0.15, 0.2) is 0 Å². The van der Waals surface area contributed by atoms with E-state index < -0.39 is 0 Å². The number of nitrogens with one attached hydrogen (secondary N) is 1. The number of nitrogens with zero attached hydrogens (tertiary/aromatic N) is 2. The van der Waals surface area contributed by atoms with Gasteiger partial charge in [-0.2, -0.15) is 0 Å². The van der Waals surface area contributed by atoms with Crippen LogP contribution in [0.4, 0.5) is 0 Å². The topological polar surface area (TPSA) is 37.8 Å². The molecule has 1 heterocycles. The smallest absolute Gasteiger partial charge is 0.149 e. The van der Waals surface area contributed by atoms with Gasteiger partial charge in [-0.05, 0) is 32.2 Å². The summed E-state index contributed by atoms with van der Waals surface area (Å²) in [5, 5.41) is 14.4. The molecule has 0 aliphatic rings. The third kappa shape index (κ3) is 2.77. The standard InChI is InChI=1S/C11H11Cl2N3S/c1-6(14-2)10-15-16-11(17-10)8-5-7(12)3-4-9(8)13/h3-6,14H,1-2H3. The van der Waals surface area contributed by atoms with Gasteiger partial charge in [-0.15, -0.1) is 10.2 Å². The van der Waals surface area contributed by atoms with Gasteiger partial charge in [-0.3, -0.25) is 0 Å². The summed E-state index contributed by atoms with van der Waals surface area (Å²) in [5.41, 5.74) is 0.825. The third-order valence-electron chi connectivity index (χ3n) is 2.40. The van der Waals surface area contributed by atoms with Crippen LogP contribution in [0.15, 0.2) is 18.2 Å². The molecule has 1 N–H and O–H groups in total. The molecule has 0 aliphatic heterocycles. The number of rotatable bonds is 3. The van der Waals surface area contributed by atoms with E-state index in [1.165, 1.54) is 11.3 Å². The number of hydrogen-bond donors (Lipinski definition) is 1. The molecule has 1 atom stereocenters. The minimum Gasteiger partial charge on any atom is -0.311 e. The van der Waals surface area contributed by atoms with Crippen molar-refractivity contribution >= 4 is 34.5 Å². The van der Waals surface area contributed by atoms with Crippen LogP contribution in [0, 0.1) is 0 Å². The highest BCUT2D eigenvalue weighted by atomic mass is 35.5. The Balaban J connectivity index is 2.40. The van der Waals surface area contributed by atoms with Crippen LogP contribution in [0.3, 0.4) is 0 Å². The van der Waals surface area contributed by atoms with Crippen LogP contribution in [0.1, 0.15) is 18.0 Å². The van der Waals surface area contributed by atoms with Gasteiger partial charge in [-0.25, -0.2) is 0 Å². The van der Waals surface area contributed by atoms with Crippen molar-refractivity contribution in [2.75, 3.05) is 7.05 Å². The summed E-state index contributed by atoms with van der Waals surface area (Å²) in [6.45, 7) is 2.03. The second-order valence-corrected chi connectivity index (χ2v) is 5.43. The van der Waals surface area contributed by atoms with Crippen LogP contribution >= 0.6 is 34.5 Å². The lowest BCUT2D eigenvalue weighted by atomic mass is 10.2. The van der Waals surface area contributed by atoms with Crippen LogP contribution in [0.25, 0.3) is 10.6 Å². The van der Waals surface area contributed by atoms with Gasteiger partial charge >= 0.3 is 0 Å². The first-order valence-electron chi connectivity index (χ1n) is 5.08. The van der Waals surface area contributed by atoms with E-state index in [9.17, 15) is 0 Å². The van der Waals surface area contributed by atoms with Crippen molar-refractivity contribution in [1.82, 2.24) is 15.5 Å². The van der Waals surface area contributed by atoms with Crippen molar-refractivity contribution < 1.29 is 0 Å². The van der Waals surface area contributed by atoms with E-state index in [-0.39, 0.29) is 6.04 Å². The molecule has 90 valence electrons. The second kappa shape index (κ2) is 5.31. The van der Waals surface area contributed by atoms with Gasteiger partial charge in [0.1, 0.15) is 10.0 Å². The molecule has 0 saturated carbocycles. The lowest BCUT2D eigenvalue weighted by Gasteiger charge is -2.03. The molecule has 0 spiro atoms. The highest BCUT2D eigenvalue weighted by molar-refractivity contribution is 7.14. The number of halogens is 2. The first kappa shape index (κ1) is 12.8. The van der Waals surface area contributed by atoms with Gasteiger partial charge in [0.25, 0.3) is 0 Å². The molecule has 1 aromatic heterocycles. The van der Waals surface area contributed by atoms with Gasteiger partial charge < -0.3 is 5.32 Å². The molecule has 0 aliphatic carbocycles. The van der Waals surface area contributed by atoms with Crippen molar-refractivity contribution in [3.8, 4) is 10.6 Å². The van der Waals surface area contributed by atoms with Gasteiger partial charge in [0.2, 0.25) is 0 Å². The second-order valence-electron chi connectivity index (χ2n) is 3.58. The summed E-state index contributed by atoms with van der Waals surface area (Å²) in [6, 6.07) is 5.50. The molecule has 6 heteroatoms. The zero-order valence-electron chi connectivity index (χ0n) is 9.37. The monoisotopic (exact) mass is 287 g/mol. The molecule has 0 amide bonds. The summed E-state index contributed by atoms with van der Waals surface area (Å²) < 4.78 is 0. The van der Waals surface area contributed by atoms with E-state index >= 15 is 0 Å². The summed E-state index contributed by atoms with van der Waals surface area (Å²) >= 11 is 13.6. The Bertz CT molecular complexity index is 527. The Morgan fingerprint density at radius 1 is 1.29 bits per heavy atom. The van der Waals surface area contributed by atoms with E-state index in [0.29, 0.717) is 10.0 Å². The van der Waals surface area contributed by atoms with Gasteiger partial charge in [-0.1, -0.05) is 34.5 Å². The van der Waals surface area contributed by atoms with Crippen molar-refractivity contribution in [1.29, 1.82) is 0 Å². The molecule has 2 aromatic rings. The van der Waals surface area contributed by atoms with Crippen molar-refractivity contribution in [2.24, 2.45) is 0 Å². The SMILES string of the molecule is CNC(C)c1nnc(-c2cc(Cl)ccc2Cl)s1. The van der Waals surface area contributed by atoms with Crippen LogP contribution < -0.4 is 5.32 Å². The van der Waals surface area contributed by atoms with E-state index in [0.717, 1.165) is 15.6 Å². The average molecular weight is 288 g/mol. The molecule has 3 nitrogen and oxygen atoms in total. The van der Waals surface area contributed by atoms with Crippen LogP contribution in [0.5, 0.6) is 0 Å². The first-order valence-corrected chi connectivity index (χ1v) is 6.65. The maximum atomic E-state index is 6.12. The van der Waals surface area contributed by atoms with Gasteiger partial charge in [0.05, 0.1) is 11.1 Å². The Labute approximate surface area is 114 Å². The van der Waals surface area contributed by atoms with Crippen molar-refractivity contribution in [3.63, 3.8) is 0 Å². The van der Waals surface area contributed by atoms with E-state index in [4.69, 9.17) is 23.2 Å². The molecule has 0 radical (unpaired) electrons. The zero-order valence-corrected chi connectivity index (χ0v) is 11.7. The van der Waals surface area contributed by atoms with E-state index in [1.54, 1.807) is 18.2 Å². The number of aromatic nitrogens is 2. The lowest BCUT2D eigenvalue weighted by molar-refractivity contribution is 0.640.